The topological polar surface area (TPSA) is 130 Å². The normalized spacial score (nSPS) is 14.9. The highest BCUT2D eigenvalue weighted by Gasteiger charge is 2.33. The first-order chi connectivity index (χ1) is 18.0. The molecule has 0 bridgehead atoms. The van der Waals surface area contributed by atoms with Crippen molar-refractivity contribution in [3.8, 4) is 0 Å². The molecule has 4 atom stereocenters. The van der Waals surface area contributed by atoms with E-state index in [4.69, 9.17) is 5.11 Å². The summed E-state index contributed by atoms with van der Waals surface area (Å²) in [5.74, 6) is -0.791. The summed E-state index contributed by atoms with van der Waals surface area (Å²) in [4.78, 5) is 11.8. The molecule has 0 heterocycles. The van der Waals surface area contributed by atoms with Crippen LogP contribution in [0.5, 0.6) is 0 Å². The first kappa shape index (κ1) is 36.3. The zero-order valence-corrected chi connectivity index (χ0v) is 23.9. The van der Waals surface area contributed by atoms with Crippen LogP contribution in [0.25, 0.3) is 0 Å². The van der Waals surface area contributed by atoms with E-state index in [2.05, 4.69) is 12.2 Å². The molecular formula is C30H61NO6. The van der Waals surface area contributed by atoms with Crippen molar-refractivity contribution in [3.63, 3.8) is 0 Å². The van der Waals surface area contributed by atoms with Gasteiger partial charge in [0, 0.05) is 6.54 Å². The summed E-state index contributed by atoms with van der Waals surface area (Å²) in [5, 5.41) is 49.6. The minimum atomic E-state index is -1.85. The van der Waals surface area contributed by atoms with Crippen LogP contribution >= 0.6 is 0 Å². The standard InChI is InChI=1S/C30H61NO6/c1-2-3-4-5-6-7-8-9-10-11-12-13-14-15-16-17-18-19-20-21-22-23-24-31-30(37)29(36)28(35)27(34)26(33)25-32/h26-29,32-36H,2-25H2,1H3,(H,31,37)/t26-,27-,28+,29-/m1/s1. The first-order valence-electron chi connectivity index (χ1n) is 15.6. The van der Waals surface area contributed by atoms with Gasteiger partial charge >= 0.3 is 0 Å². The Labute approximate surface area is 227 Å². The maximum Gasteiger partial charge on any atom is 0.251 e. The molecule has 37 heavy (non-hydrogen) atoms. The summed E-state index contributed by atoms with van der Waals surface area (Å²) >= 11 is 0. The van der Waals surface area contributed by atoms with Gasteiger partial charge in [0.2, 0.25) is 0 Å². The molecule has 0 aliphatic rings. The van der Waals surface area contributed by atoms with E-state index in [0.717, 1.165) is 19.3 Å². The van der Waals surface area contributed by atoms with E-state index in [1.807, 2.05) is 0 Å². The minimum Gasteiger partial charge on any atom is -0.394 e. The Morgan fingerprint density at radius 1 is 0.541 bits per heavy atom. The Hall–Kier alpha value is -0.730. The monoisotopic (exact) mass is 531 g/mol. The average molecular weight is 532 g/mol. The number of aliphatic hydroxyl groups is 5. The second-order valence-electron chi connectivity index (χ2n) is 10.9. The van der Waals surface area contributed by atoms with Crippen LogP contribution in [0, 0.1) is 0 Å². The largest absolute Gasteiger partial charge is 0.394 e. The summed E-state index contributed by atoms with van der Waals surface area (Å²) in [7, 11) is 0. The average Bonchev–Trinajstić information content (AvgIpc) is 2.91. The molecule has 0 unspecified atom stereocenters. The van der Waals surface area contributed by atoms with Gasteiger partial charge in [0.05, 0.1) is 6.61 Å². The SMILES string of the molecule is CCCCCCCCCCCCCCCCCCCCCCCCNC(=O)[C@H](O)[C@@H](O)[C@H](O)[C@H](O)CO. The molecule has 0 saturated heterocycles. The number of amides is 1. The lowest BCUT2D eigenvalue weighted by atomic mass is 10.0. The quantitative estimate of drug-likeness (QED) is 0.0775. The number of hydrogen-bond donors (Lipinski definition) is 6. The number of aliphatic hydroxyl groups excluding tert-OH is 5. The highest BCUT2D eigenvalue weighted by atomic mass is 16.4. The Balaban J connectivity index is 3.33. The highest BCUT2D eigenvalue weighted by molar-refractivity contribution is 5.81. The fourth-order valence-corrected chi connectivity index (χ4v) is 4.73. The third-order valence-corrected chi connectivity index (χ3v) is 7.35. The molecule has 0 aromatic heterocycles. The lowest BCUT2D eigenvalue weighted by molar-refractivity contribution is -0.148. The van der Waals surface area contributed by atoms with Gasteiger partial charge in [-0.05, 0) is 6.42 Å². The van der Waals surface area contributed by atoms with Gasteiger partial charge in [-0.3, -0.25) is 4.79 Å². The van der Waals surface area contributed by atoms with Crippen LogP contribution in [-0.4, -0.2) is 69.0 Å². The predicted octanol–water partition coefficient (Wildman–Crippen LogP) is 5.14. The van der Waals surface area contributed by atoms with Crippen molar-refractivity contribution in [3.05, 3.63) is 0 Å². The molecule has 0 fully saturated rings. The summed E-state index contributed by atoms with van der Waals surface area (Å²) in [6, 6.07) is 0. The molecule has 7 nitrogen and oxygen atoms in total. The van der Waals surface area contributed by atoms with Crippen LogP contribution in [0.2, 0.25) is 0 Å². The summed E-state index contributed by atoms with van der Waals surface area (Å²) < 4.78 is 0. The Morgan fingerprint density at radius 2 is 0.865 bits per heavy atom. The second-order valence-corrected chi connectivity index (χ2v) is 10.9. The van der Waals surface area contributed by atoms with Crippen molar-refractivity contribution in [2.75, 3.05) is 13.2 Å². The van der Waals surface area contributed by atoms with Crippen molar-refractivity contribution in [2.45, 2.75) is 173 Å². The van der Waals surface area contributed by atoms with Crippen LogP contribution in [0.15, 0.2) is 0 Å². The van der Waals surface area contributed by atoms with Gasteiger partial charge in [0.1, 0.15) is 18.3 Å². The summed E-state index contributed by atoms with van der Waals surface area (Å²) in [6.45, 7) is 1.89. The number of carbonyl (C=O) groups is 1. The van der Waals surface area contributed by atoms with Crippen molar-refractivity contribution in [1.29, 1.82) is 0 Å². The maximum atomic E-state index is 11.8. The molecule has 0 aromatic carbocycles. The molecule has 222 valence electrons. The molecule has 7 heteroatoms. The van der Waals surface area contributed by atoms with Gasteiger partial charge in [-0.25, -0.2) is 0 Å². The second kappa shape index (κ2) is 26.9. The number of unbranched alkanes of at least 4 members (excludes halogenated alkanes) is 21. The van der Waals surface area contributed by atoms with Crippen molar-refractivity contribution in [2.24, 2.45) is 0 Å². The molecule has 0 spiro atoms. The van der Waals surface area contributed by atoms with Crippen molar-refractivity contribution >= 4 is 5.91 Å². The Morgan fingerprint density at radius 3 is 1.19 bits per heavy atom. The van der Waals surface area contributed by atoms with Crippen molar-refractivity contribution < 1.29 is 30.3 Å². The van der Waals surface area contributed by atoms with E-state index in [1.165, 1.54) is 122 Å². The molecule has 0 saturated carbocycles. The molecule has 0 aliphatic heterocycles. The van der Waals surface area contributed by atoms with Gasteiger partial charge in [-0.2, -0.15) is 0 Å². The molecule has 0 aromatic rings. The zero-order valence-electron chi connectivity index (χ0n) is 23.9. The fourth-order valence-electron chi connectivity index (χ4n) is 4.73. The van der Waals surface area contributed by atoms with E-state index in [9.17, 15) is 25.2 Å². The van der Waals surface area contributed by atoms with Crippen LogP contribution < -0.4 is 5.32 Å². The Kier molecular flexibility index (Phi) is 26.3. The lowest BCUT2D eigenvalue weighted by Gasteiger charge is -2.24. The minimum absolute atomic E-state index is 0.389. The number of carbonyl (C=O) groups excluding carboxylic acids is 1. The first-order valence-corrected chi connectivity index (χ1v) is 15.6. The van der Waals surface area contributed by atoms with E-state index in [1.54, 1.807) is 0 Å². The van der Waals surface area contributed by atoms with Crippen LogP contribution in [-0.2, 0) is 4.79 Å². The van der Waals surface area contributed by atoms with Gasteiger partial charge in [-0.1, -0.05) is 142 Å². The zero-order chi connectivity index (χ0) is 27.6. The third-order valence-electron chi connectivity index (χ3n) is 7.35. The van der Waals surface area contributed by atoms with Gasteiger partial charge in [0.25, 0.3) is 5.91 Å². The van der Waals surface area contributed by atoms with E-state index < -0.39 is 36.9 Å². The molecule has 0 aliphatic carbocycles. The van der Waals surface area contributed by atoms with E-state index in [0.29, 0.717) is 6.54 Å². The molecule has 1 amide bonds. The molecule has 0 rings (SSSR count). The Bertz CT molecular complexity index is 493. The van der Waals surface area contributed by atoms with Gasteiger partial charge < -0.3 is 30.8 Å². The van der Waals surface area contributed by atoms with Gasteiger partial charge in [-0.15, -0.1) is 0 Å². The predicted molar refractivity (Wildman–Crippen MR) is 151 cm³/mol. The van der Waals surface area contributed by atoms with Crippen molar-refractivity contribution in [1.82, 2.24) is 5.32 Å². The van der Waals surface area contributed by atoms with Crippen LogP contribution in [0.3, 0.4) is 0 Å². The number of hydrogen-bond acceptors (Lipinski definition) is 6. The molecular weight excluding hydrogens is 470 g/mol. The lowest BCUT2D eigenvalue weighted by Crippen LogP contribution is -2.51. The molecule has 0 radical (unpaired) electrons. The van der Waals surface area contributed by atoms with Crippen LogP contribution in [0.4, 0.5) is 0 Å². The smallest absolute Gasteiger partial charge is 0.251 e. The fraction of sp³-hybridized carbons (Fsp3) is 0.967. The summed E-state index contributed by atoms with van der Waals surface area (Å²) in [5.41, 5.74) is 0. The maximum absolute atomic E-state index is 11.8. The molecule has 6 N–H and O–H groups in total. The highest BCUT2D eigenvalue weighted by Crippen LogP contribution is 2.15. The summed E-state index contributed by atoms with van der Waals surface area (Å²) in [6.07, 6.45) is 21.9. The van der Waals surface area contributed by atoms with Gasteiger partial charge in [0.15, 0.2) is 6.10 Å². The van der Waals surface area contributed by atoms with E-state index >= 15 is 0 Å². The van der Waals surface area contributed by atoms with E-state index in [-0.39, 0.29) is 0 Å². The van der Waals surface area contributed by atoms with Crippen LogP contribution in [0.1, 0.15) is 148 Å². The number of nitrogens with one attached hydrogen (secondary N) is 1. The number of rotatable bonds is 28. The third kappa shape index (κ3) is 21.8.